The third-order valence-corrected chi connectivity index (χ3v) is 23.6. The molecular weight excluding hydrogens is 264 g/mol. The van der Waals surface area contributed by atoms with E-state index in [1.807, 2.05) is 0 Å². The Labute approximate surface area is 111 Å². The fraction of sp³-hybridized carbons (Fsp3) is 0.833. The molecule has 0 saturated carbocycles. The van der Waals surface area contributed by atoms with Crippen LogP contribution in [0.2, 0.25) is 38.3 Å². The second-order valence-electron chi connectivity index (χ2n) is 6.26. The molecule has 0 unspecified atom stereocenters. The zero-order valence-electron chi connectivity index (χ0n) is 12.0. The van der Waals surface area contributed by atoms with E-state index in [-0.39, 0.29) is 12.8 Å². The largest absolute Gasteiger partial charge is 0.481 e. The van der Waals surface area contributed by atoms with E-state index in [0.717, 1.165) is 24.9 Å². The minimum absolute atomic E-state index is 0.260. The number of hydrogen-bond acceptors (Lipinski definition) is 2. The molecule has 6 heteroatoms. The predicted molar refractivity (Wildman–Crippen MR) is 78.3 cm³/mol. The number of rotatable bonds is 9. The highest BCUT2D eigenvalue weighted by molar-refractivity contribution is 7.40. The first-order chi connectivity index (χ1) is 8.08. The topological polar surface area (TPSA) is 74.6 Å². The lowest BCUT2D eigenvalue weighted by Crippen LogP contribution is -2.54. The monoisotopic (exact) mass is 290 g/mol. The summed E-state index contributed by atoms with van der Waals surface area (Å²) in [5.74, 6) is -1.43. The van der Waals surface area contributed by atoms with Crippen LogP contribution in [-0.2, 0) is 9.59 Å². The fourth-order valence-electron chi connectivity index (χ4n) is 2.04. The Balaban J connectivity index is 4.26. The van der Waals surface area contributed by atoms with Crippen LogP contribution in [0.15, 0.2) is 0 Å². The van der Waals surface area contributed by atoms with Crippen LogP contribution in [0.3, 0.4) is 0 Å². The molecule has 4 nitrogen and oxygen atoms in total. The molecular formula is C12H26O4Si2. The summed E-state index contributed by atoms with van der Waals surface area (Å²) in [4.78, 5) is 21.1. The van der Waals surface area contributed by atoms with Crippen molar-refractivity contribution in [2.75, 3.05) is 0 Å². The van der Waals surface area contributed by atoms with Crippen LogP contribution in [0.5, 0.6) is 0 Å². The van der Waals surface area contributed by atoms with Crippen LogP contribution in [0.4, 0.5) is 0 Å². The molecule has 0 aromatic heterocycles. The summed E-state index contributed by atoms with van der Waals surface area (Å²) in [6.07, 6.45) is 2.06. The first kappa shape index (κ1) is 17.4. The van der Waals surface area contributed by atoms with Crippen LogP contribution in [0.1, 0.15) is 25.7 Å². The maximum absolute atomic E-state index is 10.5. The Morgan fingerprint density at radius 2 is 1.06 bits per heavy atom. The van der Waals surface area contributed by atoms with Gasteiger partial charge in [-0.1, -0.05) is 38.3 Å². The van der Waals surface area contributed by atoms with Gasteiger partial charge in [0.05, 0.1) is 0 Å². The van der Waals surface area contributed by atoms with Crippen LogP contribution < -0.4 is 0 Å². The van der Waals surface area contributed by atoms with Crippen molar-refractivity contribution in [3.63, 3.8) is 0 Å². The van der Waals surface area contributed by atoms with Gasteiger partial charge in [-0.25, -0.2) is 0 Å². The molecule has 0 aliphatic carbocycles. The molecule has 0 saturated heterocycles. The van der Waals surface area contributed by atoms with Gasteiger partial charge in [-0.05, 0) is 12.8 Å². The van der Waals surface area contributed by atoms with E-state index >= 15 is 0 Å². The lowest BCUT2D eigenvalue weighted by molar-refractivity contribution is -0.138. The van der Waals surface area contributed by atoms with Crippen LogP contribution in [0, 0.1) is 0 Å². The minimum Gasteiger partial charge on any atom is -0.481 e. The molecule has 0 rings (SSSR count). The molecule has 0 atom stereocenters. The third kappa shape index (κ3) is 6.35. The Morgan fingerprint density at radius 1 is 0.778 bits per heavy atom. The maximum Gasteiger partial charge on any atom is 0.303 e. The van der Waals surface area contributed by atoms with E-state index in [0.29, 0.717) is 0 Å². The molecule has 0 aliphatic heterocycles. The molecule has 0 spiro atoms. The van der Waals surface area contributed by atoms with Gasteiger partial charge in [0.2, 0.25) is 0 Å². The number of carboxylic acids is 2. The molecule has 106 valence electrons. The lowest BCUT2D eigenvalue weighted by atomic mass is 10.3. The molecule has 0 fully saturated rings. The fourth-order valence-corrected chi connectivity index (χ4v) is 10.6. The molecule has 2 N–H and O–H groups in total. The molecule has 0 heterocycles. The Morgan fingerprint density at radius 3 is 1.28 bits per heavy atom. The van der Waals surface area contributed by atoms with Gasteiger partial charge in [-0.15, -0.1) is 0 Å². The SMILES string of the molecule is C[Si](C)(CCCC(=O)O)[Si](C)(C)CCCC(=O)O. The first-order valence-electron chi connectivity index (χ1n) is 6.52. The lowest BCUT2D eigenvalue weighted by Gasteiger charge is -2.38. The molecule has 0 aliphatic rings. The Bertz CT molecular complexity index is 270. The highest BCUT2D eigenvalue weighted by Crippen LogP contribution is 2.30. The quantitative estimate of drug-likeness (QED) is 0.639. The van der Waals surface area contributed by atoms with Crippen molar-refractivity contribution in [2.45, 2.75) is 64.0 Å². The highest BCUT2D eigenvalue weighted by atomic mass is 29.3. The molecule has 0 radical (unpaired) electrons. The zero-order chi connectivity index (χ0) is 14.4. The Kier molecular flexibility index (Phi) is 6.84. The summed E-state index contributed by atoms with van der Waals surface area (Å²) in [6, 6.07) is 2.09. The van der Waals surface area contributed by atoms with Crippen molar-refractivity contribution in [3.8, 4) is 0 Å². The molecule has 0 aromatic carbocycles. The van der Waals surface area contributed by atoms with Crippen LogP contribution in [0.25, 0.3) is 0 Å². The van der Waals surface area contributed by atoms with Gasteiger partial charge in [0.1, 0.15) is 0 Å². The summed E-state index contributed by atoms with van der Waals surface area (Å²) in [7, 11) is -2.77. The third-order valence-electron chi connectivity index (χ3n) is 4.22. The van der Waals surface area contributed by atoms with Gasteiger partial charge >= 0.3 is 11.9 Å². The standard InChI is InChI=1S/C12H26O4Si2/c1-17(2,9-5-7-11(13)14)18(3,4)10-6-8-12(15)16/h5-10H2,1-4H3,(H,13,14)(H,15,16). The summed E-state index contributed by atoms with van der Waals surface area (Å²) >= 11 is 0. The van der Waals surface area contributed by atoms with Gasteiger partial charge in [-0.2, -0.15) is 0 Å². The summed E-state index contributed by atoms with van der Waals surface area (Å²) < 4.78 is 0. The molecule has 0 bridgehead atoms. The molecule has 0 aromatic rings. The van der Waals surface area contributed by atoms with Crippen molar-refractivity contribution >= 4 is 27.1 Å². The summed E-state index contributed by atoms with van der Waals surface area (Å²) in [5.41, 5.74) is 0. The smallest absolute Gasteiger partial charge is 0.303 e. The number of aliphatic carboxylic acids is 2. The normalized spacial score (nSPS) is 12.4. The minimum atomic E-state index is -1.39. The predicted octanol–water partition coefficient (Wildman–Crippen LogP) is 3.21. The molecule has 18 heavy (non-hydrogen) atoms. The molecule has 0 amide bonds. The number of carbonyl (C=O) groups is 2. The van der Waals surface area contributed by atoms with Crippen molar-refractivity contribution in [3.05, 3.63) is 0 Å². The average Bonchev–Trinajstić information content (AvgIpc) is 2.15. The van der Waals surface area contributed by atoms with Crippen molar-refractivity contribution in [1.82, 2.24) is 0 Å². The van der Waals surface area contributed by atoms with E-state index < -0.39 is 27.1 Å². The maximum atomic E-state index is 10.5. The van der Waals surface area contributed by atoms with Gasteiger partial charge in [0.25, 0.3) is 0 Å². The van der Waals surface area contributed by atoms with E-state index in [1.165, 1.54) is 0 Å². The van der Waals surface area contributed by atoms with E-state index in [1.54, 1.807) is 0 Å². The summed E-state index contributed by atoms with van der Waals surface area (Å²) in [5, 5.41) is 17.4. The van der Waals surface area contributed by atoms with Gasteiger partial charge in [0.15, 0.2) is 0 Å². The second-order valence-corrected chi connectivity index (χ2v) is 22.9. The van der Waals surface area contributed by atoms with E-state index in [4.69, 9.17) is 10.2 Å². The average molecular weight is 291 g/mol. The van der Waals surface area contributed by atoms with Crippen molar-refractivity contribution < 1.29 is 19.8 Å². The van der Waals surface area contributed by atoms with Crippen LogP contribution in [-0.4, -0.2) is 37.3 Å². The highest BCUT2D eigenvalue weighted by Gasteiger charge is 2.39. The zero-order valence-corrected chi connectivity index (χ0v) is 14.0. The van der Waals surface area contributed by atoms with Crippen molar-refractivity contribution in [1.29, 1.82) is 0 Å². The summed E-state index contributed by atoms with van der Waals surface area (Å²) in [6.45, 7) is 9.34. The number of hydrogen-bond donors (Lipinski definition) is 2. The van der Waals surface area contributed by atoms with Gasteiger partial charge < -0.3 is 10.2 Å². The second kappa shape index (κ2) is 7.08. The van der Waals surface area contributed by atoms with Crippen molar-refractivity contribution in [2.24, 2.45) is 0 Å². The Hall–Kier alpha value is -0.626. The van der Waals surface area contributed by atoms with Gasteiger partial charge in [-0.3, -0.25) is 9.59 Å². The van der Waals surface area contributed by atoms with E-state index in [9.17, 15) is 9.59 Å². The van der Waals surface area contributed by atoms with E-state index in [2.05, 4.69) is 26.2 Å². The number of carboxylic acid groups (broad SMARTS) is 2. The van der Waals surface area contributed by atoms with Gasteiger partial charge in [0, 0.05) is 28.0 Å². The van der Waals surface area contributed by atoms with Crippen LogP contribution >= 0.6 is 0 Å². The first-order valence-corrected chi connectivity index (χ1v) is 13.9.